The molecule has 0 N–H and O–H groups in total. The average Bonchev–Trinajstić information content (AvgIpc) is 2.59. The predicted octanol–water partition coefficient (Wildman–Crippen LogP) is 1.77. The van der Waals surface area contributed by atoms with Gasteiger partial charge in [-0.05, 0) is 25.6 Å². The highest BCUT2D eigenvalue weighted by Crippen LogP contribution is 2.31. The van der Waals surface area contributed by atoms with Gasteiger partial charge < -0.3 is 9.80 Å². The van der Waals surface area contributed by atoms with Crippen molar-refractivity contribution in [3.05, 3.63) is 28.3 Å². The number of sulfonamides is 1. The minimum Gasteiger partial charge on any atom is -0.369 e. The van der Waals surface area contributed by atoms with E-state index in [4.69, 9.17) is 0 Å². The van der Waals surface area contributed by atoms with Crippen LogP contribution < -0.4 is 4.90 Å². The lowest BCUT2D eigenvalue weighted by molar-refractivity contribution is -0.384. The van der Waals surface area contributed by atoms with E-state index in [2.05, 4.69) is 4.90 Å². The first kappa shape index (κ1) is 19.6. The van der Waals surface area contributed by atoms with Gasteiger partial charge in [-0.25, -0.2) is 8.42 Å². The lowest BCUT2D eigenvalue weighted by Gasteiger charge is -2.31. The molecular formula is C16H26N4O4S. The number of rotatable bonds is 7. The third-order valence-electron chi connectivity index (χ3n) is 4.50. The lowest BCUT2D eigenvalue weighted by atomic mass is 10.2. The average molecular weight is 370 g/mol. The van der Waals surface area contributed by atoms with Gasteiger partial charge in [0.15, 0.2) is 0 Å². The highest BCUT2D eigenvalue weighted by molar-refractivity contribution is 7.89. The van der Waals surface area contributed by atoms with Crippen LogP contribution in [0, 0.1) is 10.1 Å². The Morgan fingerprint density at radius 3 is 2.44 bits per heavy atom. The molecule has 1 saturated heterocycles. The van der Waals surface area contributed by atoms with Gasteiger partial charge in [0, 0.05) is 45.8 Å². The van der Waals surface area contributed by atoms with Crippen LogP contribution in [0.5, 0.6) is 0 Å². The van der Waals surface area contributed by atoms with Gasteiger partial charge >= 0.3 is 0 Å². The van der Waals surface area contributed by atoms with E-state index in [1.54, 1.807) is 11.9 Å². The molecule has 0 aliphatic carbocycles. The van der Waals surface area contributed by atoms with Gasteiger partial charge in [0.2, 0.25) is 10.0 Å². The topological polar surface area (TPSA) is 87.0 Å². The quantitative estimate of drug-likeness (QED) is 0.537. The van der Waals surface area contributed by atoms with Crippen molar-refractivity contribution < 1.29 is 13.3 Å². The van der Waals surface area contributed by atoms with E-state index in [-0.39, 0.29) is 10.6 Å². The molecule has 0 saturated carbocycles. The first-order chi connectivity index (χ1) is 11.8. The van der Waals surface area contributed by atoms with Crippen LogP contribution in [0.3, 0.4) is 0 Å². The van der Waals surface area contributed by atoms with Crippen molar-refractivity contribution >= 4 is 21.4 Å². The van der Waals surface area contributed by atoms with Crippen LogP contribution in [0.1, 0.15) is 19.8 Å². The van der Waals surface area contributed by atoms with Gasteiger partial charge in [0.1, 0.15) is 5.69 Å². The Morgan fingerprint density at radius 1 is 1.24 bits per heavy atom. The molecule has 140 valence electrons. The van der Waals surface area contributed by atoms with Crippen molar-refractivity contribution in [3.63, 3.8) is 0 Å². The van der Waals surface area contributed by atoms with Crippen LogP contribution in [0.25, 0.3) is 0 Å². The fourth-order valence-corrected chi connectivity index (χ4v) is 4.27. The van der Waals surface area contributed by atoms with Crippen LogP contribution in [0.15, 0.2) is 23.1 Å². The highest BCUT2D eigenvalue weighted by Gasteiger charge is 2.30. The number of hydrogen-bond acceptors (Lipinski definition) is 6. The third-order valence-corrected chi connectivity index (χ3v) is 6.40. The molecule has 1 aromatic rings. The standard InChI is InChI=1S/C16H26N4O4S/c1-4-5-8-18(3)15-7-6-14(13-16(15)20(21)22)25(23,24)19-11-9-17(2)10-12-19/h6-7,13H,4-5,8-12H2,1-3H3. The molecule has 0 radical (unpaired) electrons. The van der Waals surface area contributed by atoms with Gasteiger partial charge in [0.25, 0.3) is 5.69 Å². The monoisotopic (exact) mass is 370 g/mol. The Morgan fingerprint density at radius 2 is 1.88 bits per heavy atom. The van der Waals surface area contributed by atoms with E-state index in [0.717, 1.165) is 12.8 Å². The minimum atomic E-state index is -3.72. The van der Waals surface area contributed by atoms with Crippen LogP contribution in [-0.4, -0.2) is 69.4 Å². The van der Waals surface area contributed by atoms with Crippen molar-refractivity contribution in [2.24, 2.45) is 0 Å². The normalized spacial score (nSPS) is 16.8. The van der Waals surface area contributed by atoms with Gasteiger partial charge in [-0.15, -0.1) is 0 Å². The van der Waals surface area contributed by atoms with E-state index in [1.807, 2.05) is 14.0 Å². The number of nitro benzene ring substituents is 1. The summed E-state index contributed by atoms with van der Waals surface area (Å²) in [4.78, 5) is 14.8. The molecule has 1 aliphatic heterocycles. The van der Waals surface area contributed by atoms with Crippen molar-refractivity contribution in [3.8, 4) is 0 Å². The fraction of sp³-hybridized carbons (Fsp3) is 0.625. The number of nitro groups is 1. The summed E-state index contributed by atoms with van der Waals surface area (Å²) in [7, 11) is 0.00739. The molecule has 1 aliphatic rings. The van der Waals surface area contributed by atoms with Crippen LogP contribution in [0.4, 0.5) is 11.4 Å². The molecule has 0 spiro atoms. The Kier molecular flexibility index (Phi) is 6.36. The summed E-state index contributed by atoms with van der Waals surface area (Å²) >= 11 is 0. The molecule has 0 aromatic heterocycles. The summed E-state index contributed by atoms with van der Waals surface area (Å²) in [5.74, 6) is 0. The molecule has 0 atom stereocenters. The summed E-state index contributed by atoms with van der Waals surface area (Å²) < 4.78 is 27.0. The number of anilines is 1. The fourth-order valence-electron chi connectivity index (χ4n) is 2.83. The third kappa shape index (κ3) is 4.47. The molecule has 1 fully saturated rings. The molecule has 1 heterocycles. The second-order valence-corrected chi connectivity index (χ2v) is 8.33. The van der Waals surface area contributed by atoms with E-state index in [1.165, 1.54) is 22.5 Å². The van der Waals surface area contributed by atoms with Gasteiger partial charge in [-0.1, -0.05) is 13.3 Å². The number of nitrogens with zero attached hydrogens (tertiary/aromatic N) is 4. The van der Waals surface area contributed by atoms with Crippen molar-refractivity contribution in [2.75, 3.05) is 51.7 Å². The summed E-state index contributed by atoms with van der Waals surface area (Å²) in [5.41, 5.74) is 0.268. The van der Waals surface area contributed by atoms with E-state index in [9.17, 15) is 18.5 Å². The maximum absolute atomic E-state index is 12.8. The smallest absolute Gasteiger partial charge is 0.293 e. The number of benzene rings is 1. The first-order valence-corrected chi connectivity index (χ1v) is 9.89. The molecular weight excluding hydrogens is 344 g/mol. The second kappa shape index (κ2) is 8.11. The molecule has 25 heavy (non-hydrogen) atoms. The molecule has 1 aromatic carbocycles. The number of piperazine rings is 1. The molecule has 0 amide bonds. The summed E-state index contributed by atoms with van der Waals surface area (Å²) in [6.45, 7) is 4.82. The van der Waals surface area contributed by atoms with E-state index in [0.29, 0.717) is 38.4 Å². The lowest BCUT2D eigenvalue weighted by Crippen LogP contribution is -2.47. The van der Waals surface area contributed by atoms with Crippen LogP contribution >= 0.6 is 0 Å². The zero-order valence-corrected chi connectivity index (χ0v) is 15.8. The Labute approximate surface area is 149 Å². The minimum absolute atomic E-state index is 0.0172. The maximum Gasteiger partial charge on any atom is 0.293 e. The number of hydrogen-bond donors (Lipinski definition) is 0. The van der Waals surface area contributed by atoms with E-state index >= 15 is 0 Å². The van der Waals surface area contributed by atoms with Crippen LogP contribution in [0.2, 0.25) is 0 Å². The Bertz CT molecular complexity index is 715. The van der Waals surface area contributed by atoms with Gasteiger partial charge in [0.05, 0.1) is 9.82 Å². The largest absolute Gasteiger partial charge is 0.369 e. The summed E-state index contributed by atoms with van der Waals surface area (Å²) in [5, 5.41) is 11.5. The molecule has 0 bridgehead atoms. The maximum atomic E-state index is 12.8. The van der Waals surface area contributed by atoms with Crippen molar-refractivity contribution in [2.45, 2.75) is 24.7 Å². The zero-order chi connectivity index (χ0) is 18.6. The zero-order valence-electron chi connectivity index (χ0n) is 15.0. The number of unbranched alkanes of at least 4 members (excludes halogenated alkanes) is 1. The Hall–Kier alpha value is -1.71. The summed E-state index contributed by atoms with van der Waals surface area (Å²) in [6, 6.07) is 4.20. The van der Waals surface area contributed by atoms with Gasteiger partial charge in [-0.3, -0.25) is 10.1 Å². The predicted molar refractivity (Wildman–Crippen MR) is 97.5 cm³/mol. The van der Waals surface area contributed by atoms with Gasteiger partial charge in [-0.2, -0.15) is 4.31 Å². The summed E-state index contributed by atoms with van der Waals surface area (Å²) in [6.07, 6.45) is 1.89. The van der Waals surface area contributed by atoms with E-state index < -0.39 is 14.9 Å². The Balaban J connectivity index is 2.33. The van der Waals surface area contributed by atoms with Crippen molar-refractivity contribution in [1.29, 1.82) is 0 Å². The second-order valence-electron chi connectivity index (χ2n) is 6.39. The number of likely N-dealkylation sites (N-methyl/N-ethyl adjacent to an activating group) is 1. The molecule has 9 heteroatoms. The highest BCUT2D eigenvalue weighted by atomic mass is 32.2. The molecule has 0 unspecified atom stereocenters. The molecule has 2 rings (SSSR count). The SMILES string of the molecule is CCCCN(C)c1ccc(S(=O)(=O)N2CCN(C)CC2)cc1[N+](=O)[O-]. The van der Waals surface area contributed by atoms with Crippen LogP contribution in [-0.2, 0) is 10.0 Å². The first-order valence-electron chi connectivity index (χ1n) is 8.45. The van der Waals surface area contributed by atoms with Crippen molar-refractivity contribution in [1.82, 2.24) is 9.21 Å². The molecule has 8 nitrogen and oxygen atoms in total.